The summed E-state index contributed by atoms with van der Waals surface area (Å²) in [6, 6.07) is 5.87. The minimum Gasteiger partial charge on any atom is -0.444 e. The molecule has 3 aromatic rings. The van der Waals surface area contributed by atoms with Gasteiger partial charge in [0.1, 0.15) is 16.9 Å². The van der Waals surface area contributed by atoms with Crippen molar-refractivity contribution in [1.29, 1.82) is 0 Å². The van der Waals surface area contributed by atoms with Crippen LogP contribution in [-0.2, 0) is 48.0 Å². The normalized spacial score (nSPS) is 13.7. The third-order valence-electron chi connectivity index (χ3n) is 9.02. The van der Waals surface area contributed by atoms with E-state index in [9.17, 15) is 31.2 Å². The van der Waals surface area contributed by atoms with E-state index in [0.717, 1.165) is 24.3 Å². The van der Waals surface area contributed by atoms with E-state index >= 15 is 4.39 Å². The second-order valence-electron chi connectivity index (χ2n) is 15.2. The Hall–Kier alpha value is -3.72. The summed E-state index contributed by atoms with van der Waals surface area (Å²) in [5.41, 5.74) is -0.700. The number of piperazine rings is 1. The van der Waals surface area contributed by atoms with Gasteiger partial charge in [-0.3, -0.25) is 4.79 Å². The van der Waals surface area contributed by atoms with Crippen LogP contribution >= 0.6 is 27.5 Å². The minimum atomic E-state index is -5.07. The highest BCUT2D eigenvalue weighted by atomic mass is 79.9. The highest BCUT2D eigenvalue weighted by Gasteiger charge is 2.38. The van der Waals surface area contributed by atoms with Gasteiger partial charge in [-0.15, -0.1) is 0 Å². The molecule has 65 heavy (non-hydrogen) atoms. The molecule has 1 saturated heterocycles. The van der Waals surface area contributed by atoms with Crippen molar-refractivity contribution < 1.29 is 68.7 Å². The molecule has 2 amide bonds. The number of halogens is 6. The van der Waals surface area contributed by atoms with Crippen molar-refractivity contribution >= 4 is 77.9 Å². The van der Waals surface area contributed by atoms with Crippen LogP contribution in [0, 0.1) is 5.82 Å². The van der Waals surface area contributed by atoms with Crippen molar-refractivity contribution in [2.45, 2.75) is 37.4 Å². The van der Waals surface area contributed by atoms with E-state index in [2.05, 4.69) is 25.6 Å². The molecule has 2 aromatic carbocycles. The number of ether oxygens (including phenoxy) is 7. The van der Waals surface area contributed by atoms with E-state index in [4.69, 9.17) is 49.7 Å². The molecule has 4 rings (SSSR count). The summed E-state index contributed by atoms with van der Waals surface area (Å²) in [6.07, 6.45) is -5.46. The van der Waals surface area contributed by atoms with E-state index in [1.165, 1.54) is 0 Å². The SMILES string of the molecule is CN(CCOCCOCCOCCOCCOCCOCCNS(=O)(=O)c1ccc(NC(=O)C(F)(F)F)cc1)c1nc(N2CCN(C(=O)OC(C)(C)C)CC2)c2cc(Cl)c(Br)c(F)c2n1. The maximum absolute atomic E-state index is 15.5. The van der Waals surface area contributed by atoms with E-state index in [1.54, 1.807) is 28.2 Å². The van der Waals surface area contributed by atoms with Crippen molar-refractivity contribution in [3.05, 3.63) is 45.6 Å². The number of fused-ring (bicyclic) bond motifs is 1. The molecule has 0 aliphatic carbocycles. The summed E-state index contributed by atoms with van der Waals surface area (Å²) in [6.45, 7) is 11.1. The lowest BCUT2D eigenvalue weighted by molar-refractivity contribution is -0.167. The Morgan fingerprint density at radius 1 is 0.815 bits per heavy atom. The predicted molar refractivity (Wildman–Crippen MR) is 237 cm³/mol. The zero-order chi connectivity index (χ0) is 47.6. The maximum atomic E-state index is 15.5. The molecule has 0 atom stereocenters. The smallest absolute Gasteiger partial charge is 0.444 e. The van der Waals surface area contributed by atoms with Gasteiger partial charge in [-0.2, -0.15) is 18.2 Å². The van der Waals surface area contributed by atoms with Crippen molar-refractivity contribution in [2.75, 3.05) is 141 Å². The lowest BCUT2D eigenvalue weighted by Crippen LogP contribution is -2.50. The first kappa shape index (κ1) is 53.9. The van der Waals surface area contributed by atoms with Crippen LogP contribution in [0.25, 0.3) is 10.9 Å². The summed E-state index contributed by atoms with van der Waals surface area (Å²) in [5.74, 6) is -1.95. The quantitative estimate of drug-likeness (QED) is 0.0601. The number of aromatic nitrogens is 2. The number of carbonyl (C=O) groups excluding carboxylic acids is 2. The molecule has 1 aliphatic heterocycles. The summed E-state index contributed by atoms with van der Waals surface area (Å²) >= 11 is 9.56. The Labute approximate surface area is 388 Å². The molecule has 0 radical (unpaired) electrons. The van der Waals surface area contributed by atoms with Crippen LogP contribution in [0.15, 0.2) is 39.7 Å². The number of hydrogen-bond donors (Lipinski definition) is 2. The van der Waals surface area contributed by atoms with Crippen LogP contribution in [-0.4, -0.2) is 173 Å². The van der Waals surface area contributed by atoms with E-state index in [-0.39, 0.29) is 58.1 Å². The average Bonchev–Trinajstić information content (AvgIpc) is 3.25. The number of nitrogens with zero attached hydrogens (tertiary/aromatic N) is 5. The maximum Gasteiger partial charge on any atom is 0.471 e. The Kier molecular flexibility index (Phi) is 21.5. The van der Waals surface area contributed by atoms with Gasteiger partial charge < -0.3 is 53.2 Å². The number of likely N-dealkylation sites (N-methyl/N-ethyl adjacent to an activating group) is 1. The first-order valence-corrected chi connectivity index (χ1v) is 23.2. The molecule has 0 saturated carbocycles. The van der Waals surface area contributed by atoms with Crippen molar-refractivity contribution in [3.63, 3.8) is 0 Å². The fraction of sp³-hybridized carbons (Fsp3) is 0.600. The van der Waals surface area contributed by atoms with Gasteiger partial charge in [0, 0.05) is 57.4 Å². The average molecular weight is 1030 g/mol. The number of benzene rings is 2. The molecule has 2 N–H and O–H groups in total. The van der Waals surface area contributed by atoms with Gasteiger partial charge in [0.15, 0.2) is 5.82 Å². The Morgan fingerprint density at radius 3 is 1.83 bits per heavy atom. The van der Waals surface area contributed by atoms with Crippen LogP contribution < -0.4 is 19.8 Å². The first-order valence-electron chi connectivity index (χ1n) is 20.5. The third-order valence-corrected chi connectivity index (χ3v) is 11.8. The van der Waals surface area contributed by atoms with Gasteiger partial charge in [-0.25, -0.2) is 27.3 Å². The fourth-order valence-electron chi connectivity index (χ4n) is 5.74. The number of carbonyl (C=O) groups is 2. The second kappa shape index (κ2) is 26.0. The molecular formula is C40H55BrClF4N7O11S. The molecular weight excluding hydrogens is 978 g/mol. The second-order valence-corrected chi connectivity index (χ2v) is 18.1. The number of sulfonamides is 1. The van der Waals surface area contributed by atoms with Crippen LogP contribution in [0.4, 0.5) is 39.8 Å². The number of anilines is 3. The summed E-state index contributed by atoms with van der Waals surface area (Å²) in [7, 11) is -2.15. The number of nitrogens with one attached hydrogen (secondary N) is 2. The molecule has 1 aliphatic rings. The van der Waals surface area contributed by atoms with Gasteiger partial charge in [0.2, 0.25) is 16.0 Å². The largest absolute Gasteiger partial charge is 0.471 e. The van der Waals surface area contributed by atoms with Crippen molar-refractivity contribution in [2.24, 2.45) is 0 Å². The summed E-state index contributed by atoms with van der Waals surface area (Å²) < 4.78 is 118. The number of amides is 2. The molecule has 1 fully saturated rings. The van der Waals surface area contributed by atoms with Crippen molar-refractivity contribution in [3.8, 4) is 0 Å². The fourth-order valence-corrected chi connectivity index (χ4v) is 7.25. The predicted octanol–water partition coefficient (Wildman–Crippen LogP) is 5.26. The van der Waals surface area contributed by atoms with Crippen LogP contribution in [0.5, 0.6) is 0 Å². The third kappa shape index (κ3) is 18.1. The van der Waals surface area contributed by atoms with E-state index in [0.29, 0.717) is 109 Å². The molecule has 0 spiro atoms. The molecule has 25 heteroatoms. The molecule has 1 aromatic heterocycles. The van der Waals surface area contributed by atoms with Gasteiger partial charge in [0.25, 0.3) is 0 Å². The molecule has 0 unspecified atom stereocenters. The van der Waals surface area contributed by atoms with Gasteiger partial charge in [-0.05, 0) is 67.0 Å². The monoisotopic (exact) mass is 1030 g/mol. The lowest BCUT2D eigenvalue weighted by Gasteiger charge is -2.36. The Bertz CT molecular complexity index is 2100. The summed E-state index contributed by atoms with van der Waals surface area (Å²) in [4.78, 5) is 38.2. The van der Waals surface area contributed by atoms with Crippen LogP contribution in [0.1, 0.15) is 20.8 Å². The minimum absolute atomic E-state index is 0.0509. The van der Waals surface area contributed by atoms with Crippen LogP contribution in [0.3, 0.4) is 0 Å². The lowest BCUT2D eigenvalue weighted by atomic mass is 10.2. The molecule has 364 valence electrons. The molecule has 0 bridgehead atoms. The van der Waals surface area contributed by atoms with E-state index < -0.39 is 33.5 Å². The standard InChI is InChI=1S/C40H55BrClF4N7O11S/c1-39(2,3)64-38(55)53-12-10-52(11-13-53)35-30-27-31(42)32(41)33(43)34(30)49-37(50-35)51(4)14-16-59-18-20-61-22-24-63-26-25-62-23-21-60-19-17-58-15-9-47-65(56,57)29-7-5-28(6-8-29)48-36(54)40(44,45)46/h5-8,27,47H,9-26H2,1-4H3,(H,48,54). The van der Waals surface area contributed by atoms with Gasteiger partial charge >= 0.3 is 18.2 Å². The van der Waals surface area contributed by atoms with Crippen LogP contribution in [0.2, 0.25) is 5.02 Å². The zero-order valence-electron chi connectivity index (χ0n) is 36.5. The van der Waals surface area contributed by atoms with E-state index in [1.807, 2.05) is 25.7 Å². The molecule has 18 nitrogen and oxygen atoms in total. The zero-order valence-corrected chi connectivity index (χ0v) is 39.7. The number of rotatable bonds is 26. The molecule has 2 heterocycles. The highest BCUT2D eigenvalue weighted by molar-refractivity contribution is 9.10. The topological polar surface area (TPSA) is 192 Å². The van der Waals surface area contributed by atoms with Gasteiger partial charge in [-0.1, -0.05) is 11.6 Å². The van der Waals surface area contributed by atoms with Gasteiger partial charge in [0.05, 0.1) is 93.7 Å². The first-order chi connectivity index (χ1) is 30.8. The number of hydrogen-bond acceptors (Lipinski definition) is 15. The Morgan fingerprint density at radius 2 is 1.32 bits per heavy atom. The Balaban J connectivity index is 0.999. The summed E-state index contributed by atoms with van der Waals surface area (Å²) in [5, 5.41) is 2.29. The van der Waals surface area contributed by atoms with Crippen molar-refractivity contribution in [1.82, 2.24) is 19.6 Å². The highest BCUT2D eigenvalue weighted by Crippen LogP contribution is 2.36. The number of alkyl halides is 3.